The number of urea groups is 1. The third kappa shape index (κ3) is 4.64. The molecule has 0 heterocycles. The summed E-state index contributed by atoms with van der Waals surface area (Å²) in [6.45, 7) is 0.513. The predicted octanol–water partition coefficient (Wildman–Crippen LogP) is 5.65. The van der Waals surface area contributed by atoms with Gasteiger partial charge in [-0.2, -0.15) is 0 Å². The van der Waals surface area contributed by atoms with Crippen molar-refractivity contribution in [3.63, 3.8) is 0 Å². The van der Waals surface area contributed by atoms with Gasteiger partial charge in [0.2, 0.25) is 0 Å². The van der Waals surface area contributed by atoms with Crippen molar-refractivity contribution >= 4 is 29.2 Å². The van der Waals surface area contributed by atoms with Gasteiger partial charge in [-0.15, -0.1) is 11.8 Å². The molecule has 0 bridgehead atoms. The average Bonchev–Trinajstić information content (AvgIpc) is 2.68. The highest BCUT2D eigenvalue weighted by Gasteiger charge is 2.16. The SMILES string of the molecule is CSc1ccc(NC(=O)N(Cc2ccccc2)c2ccccc2)cc1. The van der Waals surface area contributed by atoms with Gasteiger partial charge >= 0.3 is 6.03 Å². The molecule has 3 nitrogen and oxygen atoms in total. The second-order valence-electron chi connectivity index (χ2n) is 5.57. The Labute approximate surface area is 152 Å². The van der Waals surface area contributed by atoms with Gasteiger partial charge in [0.1, 0.15) is 0 Å². The minimum Gasteiger partial charge on any atom is -0.308 e. The molecule has 0 saturated heterocycles. The first kappa shape index (κ1) is 17.1. The first-order valence-electron chi connectivity index (χ1n) is 8.08. The minimum atomic E-state index is -0.146. The number of hydrogen-bond donors (Lipinski definition) is 1. The number of carbonyl (C=O) groups excluding carboxylic acids is 1. The Morgan fingerprint density at radius 2 is 1.48 bits per heavy atom. The van der Waals surface area contributed by atoms with Crippen LogP contribution in [0.25, 0.3) is 0 Å². The Hall–Kier alpha value is -2.72. The van der Waals surface area contributed by atoms with Crippen molar-refractivity contribution in [1.82, 2.24) is 0 Å². The lowest BCUT2D eigenvalue weighted by atomic mass is 10.2. The van der Waals surface area contributed by atoms with E-state index < -0.39 is 0 Å². The second kappa shape index (κ2) is 8.40. The topological polar surface area (TPSA) is 32.3 Å². The van der Waals surface area contributed by atoms with Crippen LogP contribution in [-0.4, -0.2) is 12.3 Å². The molecule has 4 heteroatoms. The van der Waals surface area contributed by atoms with Crippen molar-refractivity contribution in [2.24, 2.45) is 0 Å². The maximum Gasteiger partial charge on any atom is 0.326 e. The molecule has 25 heavy (non-hydrogen) atoms. The van der Waals surface area contributed by atoms with E-state index in [1.807, 2.05) is 91.2 Å². The Balaban J connectivity index is 1.81. The van der Waals surface area contributed by atoms with E-state index in [1.165, 1.54) is 4.90 Å². The molecule has 0 atom stereocenters. The fraction of sp³-hybridized carbons (Fsp3) is 0.0952. The van der Waals surface area contributed by atoms with Gasteiger partial charge in [-0.1, -0.05) is 48.5 Å². The van der Waals surface area contributed by atoms with Crippen LogP contribution in [0.3, 0.4) is 0 Å². The largest absolute Gasteiger partial charge is 0.326 e. The summed E-state index contributed by atoms with van der Waals surface area (Å²) in [4.78, 5) is 15.8. The number of anilines is 2. The Bertz CT molecular complexity index is 804. The van der Waals surface area contributed by atoms with Gasteiger partial charge in [0.05, 0.1) is 6.54 Å². The van der Waals surface area contributed by atoms with E-state index >= 15 is 0 Å². The summed E-state index contributed by atoms with van der Waals surface area (Å²) < 4.78 is 0. The number of nitrogens with zero attached hydrogens (tertiary/aromatic N) is 1. The molecule has 0 aliphatic rings. The van der Waals surface area contributed by atoms with E-state index in [9.17, 15) is 4.79 Å². The van der Waals surface area contributed by atoms with Gasteiger partial charge in [0, 0.05) is 16.3 Å². The molecule has 3 aromatic carbocycles. The van der Waals surface area contributed by atoms with Gasteiger partial charge in [0.15, 0.2) is 0 Å². The summed E-state index contributed by atoms with van der Waals surface area (Å²) in [5.74, 6) is 0. The van der Waals surface area contributed by atoms with Crippen molar-refractivity contribution in [3.05, 3.63) is 90.5 Å². The highest BCUT2D eigenvalue weighted by molar-refractivity contribution is 7.98. The van der Waals surface area contributed by atoms with Gasteiger partial charge < -0.3 is 5.32 Å². The fourth-order valence-electron chi connectivity index (χ4n) is 2.52. The maximum absolute atomic E-state index is 12.9. The molecule has 0 radical (unpaired) electrons. The molecule has 0 unspecified atom stereocenters. The third-order valence-corrected chi connectivity index (χ3v) is 4.58. The molecular formula is C21H20N2OS. The number of nitrogens with one attached hydrogen (secondary N) is 1. The van der Waals surface area contributed by atoms with E-state index in [2.05, 4.69) is 5.32 Å². The van der Waals surface area contributed by atoms with Gasteiger partial charge in [-0.3, -0.25) is 4.90 Å². The lowest BCUT2D eigenvalue weighted by molar-refractivity contribution is 0.256. The zero-order valence-electron chi connectivity index (χ0n) is 14.1. The fourth-order valence-corrected chi connectivity index (χ4v) is 2.93. The van der Waals surface area contributed by atoms with Crippen LogP contribution in [-0.2, 0) is 6.54 Å². The molecule has 0 spiro atoms. The summed E-state index contributed by atoms with van der Waals surface area (Å²) in [7, 11) is 0. The Kier molecular flexibility index (Phi) is 5.75. The molecule has 0 fully saturated rings. The molecule has 3 aromatic rings. The van der Waals surface area contributed by atoms with E-state index in [0.29, 0.717) is 6.54 Å². The number of para-hydroxylation sites is 1. The zero-order valence-corrected chi connectivity index (χ0v) is 14.9. The van der Waals surface area contributed by atoms with Crippen molar-refractivity contribution in [2.75, 3.05) is 16.5 Å². The summed E-state index contributed by atoms with van der Waals surface area (Å²) >= 11 is 1.68. The normalized spacial score (nSPS) is 10.3. The van der Waals surface area contributed by atoms with Crippen LogP contribution in [0.15, 0.2) is 89.8 Å². The standard InChI is InChI=1S/C21H20N2OS/c1-25-20-14-12-18(13-15-20)22-21(24)23(19-10-6-3-7-11-19)16-17-8-4-2-5-9-17/h2-15H,16H2,1H3,(H,22,24). The van der Waals surface area contributed by atoms with Crippen molar-refractivity contribution in [2.45, 2.75) is 11.4 Å². The molecule has 0 aromatic heterocycles. The van der Waals surface area contributed by atoms with Crippen molar-refractivity contribution < 1.29 is 4.79 Å². The molecule has 2 amide bonds. The first-order chi connectivity index (χ1) is 12.3. The van der Waals surface area contributed by atoms with Gasteiger partial charge in [0.25, 0.3) is 0 Å². The summed E-state index contributed by atoms with van der Waals surface area (Å²) in [6, 6.07) is 27.4. The highest BCUT2D eigenvalue weighted by atomic mass is 32.2. The van der Waals surface area contributed by atoms with E-state index in [0.717, 1.165) is 16.9 Å². The molecule has 0 aliphatic carbocycles. The number of thioether (sulfide) groups is 1. The maximum atomic E-state index is 12.9. The van der Waals surface area contributed by atoms with Crippen LogP contribution in [0.1, 0.15) is 5.56 Å². The summed E-state index contributed by atoms with van der Waals surface area (Å²) in [5.41, 5.74) is 2.74. The van der Waals surface area contributed by atoms with E-state index in [1.54, 1.807) is 16.7 Å². The van der Waals surface area contributed by atoms with Crippen LogP contribution in [0.5, 0.6) is 0 Å². The molecule has 0 saturated carbocycles. The smallest absolute Gasteiger partial charge is 0.308 e. The van der Waals surface area contributed by atoms with Crippen LogP contribution in [0.4, 0.5) is 16.2 Å². The lowest BCUT2D eigenvalue weighted by Crippen LogP contribution is -2.34. The molecule has 126 valence electrons. The van der Waals surface area contributed by atoms with Gasteiger partial charge in [-0.25, -0.2) is 4.79 Å². The highest BCUT2D eigenvalue weighted by Crippen LogP contribution is 2.21. The Morgan fingerprint density at radius 1 is 0.880 bits per heavy atom. The summed E-state index contributed by atoms with van der Waals surface area (Å²) in [5, 5.41) is 2.99. The minimum absolute atomic E-state index is 0.146. The Morgan fingerprint density at radius 3 is 2.08 bits per heavy atom. The number of carbonyl (C=O) groups is 1. The quantitative estimate of drug-likeness (QED) is 0.605. The van der Waals surface area contributed by atoms with E-state index in [4.69, 9.17) is 0 Å². The lowest BCUT2D eigenvalue weighted by Gasteiger charge is -2.23. The van der Waals surface area contributed by atoms with Gasteiger partial charge in [-0.05, 0) is 48.2 Å². The van der Waals surface area contributed by atoms with Crippen LogP contribution in [0.2, 0.25) is 0 Å². The molecule has 1 N–H and O–H groups in total. The number of benzene rings is 3. The number of rotatable bonds is 5. The number of hydrogen-bond acceptors (Lipinski definition) is 2. The monoisotopic (exact) mass is 348 g/mol. The summed E-state index contributed by atoms with van der Waals surface area (Å²) in [6.07, 6.45) is 2.03. The first-order valence-corrected chi connectivity index (χ1v) is 9.30. The number of amides is 2. The van der Waals surface area contributed by atoms with Crippen molar-refractivity contribution in [1.29, 1.82) is 0 Å². The van der Waals surface area contributed by atoms with Crippen LogP contribution in [0, 0.1) is 0 Å². The molecular weight excluding hydrogens is 328 g/mol. The second-order valence-corrected chi connectivity index (χ2v) is 6.45. The molecule has 0 aliphatic heterocycles. The van der Waals surface area contributed by atoms with E-state index in [-0.39, 0.29) is 6.03 Å². The molecule has 3 rings (SSSR count). The predicted molar refractivity (Wildman–Crippen MR) is 106 cm³/mol. The average molecular weight is 348 g/mol. The van der Waals surface area contributed by atoms with Crippen LogP contribution < -0.4 is 10.2 Å². The zero-order chi connectivity index (χ0) is 17.5. The van der Waals surface area contributed by atoms with Crippen molar-refractivity contribution in [3.8, 4) is 0 Å². The van der Waals surface area contributed by atoms with Crippen LogP contribution >= 0.6 is 11.8 Å². The third-order valence-electron chi connectivity index (χ3n) is 3.84.